The van der Waals surface area contributed by atoms with Crippen molar-refractivity contribution in [2.45, 2.75) is 6.18 Å². The lowest BCUT2D eigenvalue weighted by Gasteiger charge is -2.03. The Labute approximate surface area is 151 Å². The van der Waals surface area contributed by atoms with Crippen molar-refractivity contribution in [1.82, 2.24) is 19.5 Å². The van der Waals surface area contributed by atoms with Gasteiger partial charge in [-0.05, 0) is 18.1 Å². The highest BCUT2D eigenvalue weighted by atomic mass is 19.4. The minimum absolute atomic E-state index is 0.0379. The van der Waals surface area contributed by atoms with Crippen LogP contribution >= 0.6 is 0 Å². The first kappa shape index (κ1) is 18.1. The molecule has 0 aromatic carbocycles. The van der Waals surface area contributed by atoms with Gasteiger partial charge in [0.05, 0.1) is 23.0 Å². The Bertz CT molecular complexity index is 1090. The predicted molar refractivity (Wildman–Crippen MR) is 92.6 cm³/mol. The van der Waals surface area contributed by atoms with Crippen LogP contribution in [0.5, 0.6) is 0 Å². The van der Waals surface area contributed by atoms with Crippen molar-refractivity contribution in [3.05, 3.63) is 60.5 Å². The molecule has 3 heterocycles. The molecule has 0 aliphatic rings. The number of carbonyl (C=O) groups is 1. The molecule has 0 saturated heterocycles. The van der Waals surface area contributed by atoms with Crippen LogP contribution in [0, 0.1) is 11.8 Å². The van der Waals surface area contributed by atoms with Crippen molar-refractivity contribution >= 4 is 22.6 Å². The van der Waals surface area contributed by atoms with Crippen LogP contribution in [0.25, 0.3) is 11.0 Å². The second kappa shape index (κ2) is 6.92. The summed E-state index contributed by atoms with van der Waals surface area (Å²) in [6, 6.07) is 1.70. The number of hydrogen-bond donors (Lipinski definition) is 1. The highest BCUT2D eigenvalue weighted by molar-refractivity contribution is 6.00. The molecule has 9 heteroatoms. The molecule has 3 rings (SSSR count). The molecule has 3 aromatic heterocycles. The zero-order chi connectivity index (χ0) is 19.6. The fourth-order valence-electron chi connectivity index (χ4n) is 2.28. The van der Waals surface area contributed by atoms with E-state index in [-0.39, 0.29) is 11.7 Å². The smallest absolute Gasteiger partial charge is 0.334 e. The molecule has 0 unspecified atom stereocenters. The Morgan fingerprint density at radius 2 is 1.93 bits per heavy atom. The van der Waals surface area contributed by atoms with Crippen LogP contribution in [-0.4, -0.2) is 25.4 Å². The van der Waals surface area contributed by atoms with Gasteiger partial charge in [-0.25, -0.2) is 15.0 Å². The summed E-state index contributed by atoms with van der Waals surface area (Å²) in [4.78, 5) is 22.9. The summed E-state index contributed by atoms with van der Waals surface area (Å²) in [5.41, 5.74) is 0.722. The molecule has 1 N–H and O–H groups in total. The molecule has 0 fully saturated rings. The third-order valence-electron chi connectivity index (χ3n) is 3.55. The maximum Gasteiger partial charge on any atom is 0.419 e. The number of aromatic nitrogens is 4. The van der Waals surface area contributed by atoms with E-state index < -0.39 is 11.7 Å². The van der Waals surface area contributed by atoms with Crippen molar-refractivity contribution in [1.29, 1.82) is 0 Å². The van der Waals surface area contributed by atoms with Crippen molar-refractivity contribution in [3.8, 4) is 11.8 Å². The molecule has 136 valence electrons. The molecule has 3 aromatic rings. The molecular weight excluding hydrogens is 359 g/mol. The summed E-state index contributed by atoms with van der Waals surface area (Å²) in [7, 11) is 1.77. The van der Waals surface area contributed by atoms with Gasteiger partial charge in [-0.3, -0.25) is 4.79 Å². The van der Waals surface area contributed by atoms with Gasteiger partial charge in [-0.1, -0.05) is 12.5 Å². The van der Waals surface area contributed by atoms with Crippen LogP contribution in [0.3, 0.4) is 0 Å². The van der Waals surface area contributed by atoms with E-state index in [4.69, 9.17) is 0 Å². The molecule has 0 aliphatic carbocycles. The second-order valence-corrected chi connectivity index (χ2v) is 5.49. The Hall–Kier alpha value is -3.67. The van der Waals surface area contributed by atoms with Crippen molar-refractivity contribution in [2.75, 3.05) is 5.32 Å². The van der Waals surface area contributed by atoms with E-state index in [0.717, 1.165) is 6.08 Å². The van der Waals surface area contributed by atoms with Crippen molar-refractivity contribution < 1.29 is 18.0 Å². The number of hydrogen-bond acceptors (Lipinski definition) is 4. The summed E-state index contributed by atoms with van der Waals surface area (Å²) in [5, 5.41) is 3.27. The summed E-state index contributed by atoms with van der Waals surface area (Å²) < 4.78 is 39.4. The number of aryl methyl sites for hydroxylation is 1. The van der Waals surface area contributed by atoms with Gasteiger partial charge >= 0.3 is 6.18 Å². The van der Waals surface area contributed by atoms with E-state index in [2.05, 4.69) is 38.7 Å². The molecule has 1 amide bonds. The standard InChI is InChI=1S/C18H12F3N5O/c1-3-16(27)25-13-6-14-11(10-26(2)17(14)24-9-13)4-5-15-22-7-12(8-23-15)18(19,20)21/h3,6-10H,1H2,2H3,(H,25,27). The Morgan fingerprint density at radius 3 is 2.56 bits per heavy atom. The van der Waals surface area contributed by atoms with E-state index in [9.17, 15) is 18.0 Å². The highest BCUT2D eigenvalue weighted by Crippen LogP contribution is 2.27. The molecule has 0 spiro atoms. The van der Waals surface area contributed by atoms with E-state index in [1.807, 2.05) is 0 Å². The number of rotatable bonds is 2. The number of alkyl halides is 3. The van der Waals surface area contributed by atoms with Crippen molar-refractivity contribution in [2.24, 2.45) is 7.05 Å². The van der Waals surface area contributed by atoms with Gasteiger partial charge in [0, 0.05) is 31.0 Å². The normalized spacial score (nSPS) is 11.0. The maximum atomic E-state index is 12.5. The summed E-state index contributed by atoms with van der Waals surface area (Å²) >= 11 is 0. The SMILES string of the molecule is C=CC(=O)Nc1cnc2c(c1)c(C#Cc1ncc(C(F)(F)F)cn1)cn2C. The molecule has 0 atom stereocenters. The fourth-order valence-corrected chi connectivity index (χ4v) is 2.28. The first-order chi connectivity index (χ1) is 12.8. The maximum absolute atomic E-state index is 12.5. The fraction of sp³-hybridized carbons (Fsp3) is 0.111. The first-order valence-electron chi connectivity index (χ1n) is 7.57. The third kappa shape index (κ3) is 3.95. The number of pyridine rings is 1. The van der Waals surface area contributed by atoms with Gasteiger partial charge in [0.2, 0.25) is 11.7 Å². The topological polar surface area (TPSA) is 72.7 Å². The Kier molecular flexibility index (Phi) is 4.64. The average molecular weight is 371 g/mol. The summed E-state index contributed by atoms with van der Waals surface area (Å²) in [6.07, 6.45) is 1.22. The van der Waals surface area contributed by atoms with E-state index in [1.54, 1.807) is 23.9 Å². The Morgan fingerprint density at radius 1 is 1.22 bits per heavy atom. The summed E-state index contributed by atoms with van der Waals surface area (Å²) in [6.45, 7) is 3.38. The highest BCUT2D eigenvalue weighted by Gasteiger charge is 2.31. The van der Waals surface area contributed by atoms with Crippen LogP contribution in [0.4, 0.5) is 18.9 Å². The van der Waals surface area contributed by atoms with Crippen LogP contribution in [0.2, 0.25) is 0 Å². The van der Waals surface area contributed by atoms with Gasteiger partial charge in [-0.15, -0.1) is 0 Å². The number of fused-ring (bicyclic) bond motifs is 1. The van der Waals surface area contributed by atoms with Crippen LogP contribution in [0.1, 0.15) is 17.0 Å². The monoisotopic (exact) mass is 371 g/mol. The molecule has 27 heavy (non-hydrogen) atoms. The molecule has 0 aliphatic heterocycles. The third-order valence-corrected chi connectivity index (χ3v) is 3.55. The average Bonchev–Trinajstić information content (AvgIpc) is 2.95. The van der Waals surface area contributed by atoms with E-state index in [1.165, 1.54) is 6.20 Å². The molecule has 6 nitrogen and oxygen atoms in total. The van der Waals surface area contributed by atoms with E-state index >= 15 is 0 Å². The van der Waals surface area contributed by atoms with Gasteiger partial charge in [0.25, 0.3) is 0 Å². The Balaban J connectivity index is 1.95. The molecular formula is C18H12F3N5O. The summed E-state index contributed by atoms with van der Waals surface area (Å²) in [5.74, 6) is 5.04. The number of halogens is 3. The quantitative estimate of drug-likeness (QED) is 0.555. The minimum Gasteiger partial charge on any atom is -0.334 e. The lowest BCUT2D eigenvalue weighted by atomic mass is 10.2. The zero-order valence-corrected chi connectivity index (χ0v) is 14.0. The van der Waals surface area contributed by atoms with E-state index in [0.29, 0.717) is 34.7 Å². The number of nitrogens with zero attached hydrogens (tertiary/aromatic N) is 4. The number of anilines is 1. The lowest BCUT2D eigenvalue weighted by molar-refractivity contribution is -0.138. The minimum atomic E-state index is -4.50. The number of amides is 1. The largest absolute Gasteiger partial charge is 0.419 e. The number of carbonyl (C=O) groups excluding carboxylic acids is 1. The zero-order valence-electron chi connectivity index (χ0n) is 14.0. The van der Waals surface area contributed by atoms with Gasteiger partial charge < -0.3 is 9.88 Å². The van der Waals surface area contributed by atoms with Gasteiger partial charge in [0.1, 0.15) is 5.65 Å². The predicted octanol–water partition coefficient (Wildman–Crippen LogP) is 2.91. The van der Waals surface area contributed by atoms with Gasteiger partial charge in [-0.2, -0.15) is 13.2 Å². The first-order valence-corrected chi connectivity index (χ1v) is 7.57. The number of nitrogens with one attached hydrogen (secondary N) is 1. The lowest BCUT2D eigenvalue weighted by Crippen LogP contribution is -2.07. The molecule has 0 saturated carbocycles. The van der Waals surface area contributed by atoms with Crippen LogP contribution in [-0.2, 0) is 18.0 Å². The van der Waals surface area contributed by atoms with Crippen LogP contribution < -0.4 is 5.32 Å². The molecule has 0 bridgehead atoms. The van der Waals surface area contributed by atoms with Gasteiger partial charge in [0.15, 0.2) is 0 Å². The van der Waals surface area contributed by atoms with Crippen molar-refractivity contribution in [3.63, 3.8) is 0 Å². The van der Waals surface area contributed by atoms with Crippen LogP contribution in [0.15, 0.2) is 43.5 Å². The second-order valence-electron chi connectivity index (χ2n) is 5.49. The molecule has 0 radical (unpaired) electrons.